The molecule has 0 amide bonds. The molecule has 2 nitrogen and oxygen atoms in total. The standard InChI is InChI=1S/C73H52N2/c1-73(2)68-26-13-11-24-64(68)65-43-42-60(48-69(65)73)74(58-38-32-52(33-39-58)49-16-5-3-6-17-49)59-40-34-53(35-41-59)51-28-30-55(31-29-51)63-23-12-14-27-70(63)75-71-44-36-56(50-18-7-4-8-19-50)46-66(71)67-47-57(37-45-72(67)75)62-25-15-21-54-20-9-10-22-61(54)62/h3-48H,1-2H3. The van der Waals surface area contributed by atoms with E-state index in [0.29, 0.717) is 0 Å². The summed E-state index contributed by atoms with van der Waals surface area (Å²) < 4.78 is 2.47. The molecule has 1 heterocycles. The minimum absolute atomic E-state index is 0.111. The zero-order chi connectivity index (χ0) is 50.0. The first-order chi connectivity index (χ1) is 36.9. The van der Waals surface area contributed by atoms with Gasteiger partial charge in [-0.25, -0.2) is 0 Å². The predicted octanol–water partition coefficient (Wildman–Crippen LogP) is 20.0. The van der Waals surface area contributed by atoms with Crippen LogP contribution >= 0.6 is 0 Å². The molecule has 354 valence electrons. The molecule has 0 bridgehead atoms. The van der Waals surface area contributed by atoms with Crippen molar-refractivity contribution < 1.29 is 0 Å². The Hall–Kier alpha value is -9.50. The molecule has 0 fully saturated rings. The van der Waals surface area contributed by atoms with Crippen molar-refractivity contribution >= 4 is 49.6 Å². The molecule has 0 saturated heterocycles. The number of aromatic nitrogens is 1. The average molecular weight is 957 g/mol. The highest BCUT2D eigenvalue weighted by molar-refractivity contribution is 6.13. The van der Waals surface area contributed by atoms with Gasteiger partial charge in [0.2, 0.25) is 0 Å². The van der Waals surface area contributed by atoms with Crippen LogP contribution in [0.15, 0.2) is 279 Å². The fraction of sp³-hybridized carbons (Fsp3) is 0.0411. The molecular formula is C73H52N2. The van der Waals surface area contributed by atoms with E-state index in [1.165, 1.54) is 110 Å². The van der Waals surface area contributed by atoms with Crippen molar-refractivity contribution in [2.45, 2.75) is 19.3 Å². The minimum Gasteiger partial charge on any atom is -0.310 e. The van der Waals surface area contributed by atoms with Crippen LogP contribution in [0.25, 0.3) is 105 Å². The van der Waals surface area contributed by atoms with Gasteiger partial charge < -0.3 is 9.47 Å². The van der Waals surface area contributed by atoms with Gasteiger partial charge in [0.05, 0.1) is 16.7 Å². The smallest absolute Gasteiger partial charge is 0.0541 e. The second kappa shape index (κ2) is 17.9. The number of hydrogen-bond donors (Lipinski definition) is 0. The molecule has 12 aromatic carbocycles. The average Bonchev–Trinajstić information content (AvgIpc) is 3.98. The van der Waals surface area contributed by atoms with Crippen LogP contribution in [0.1, 0.15) is 25.0 Å². The Labute approximate surface area is 438 Å². The summed E-state index contributed by atoms with van der Waals surface area (Å²) in [4.78, 5) is 2.40. The number of anilines is 3. The summed E-state index contributed by atoms with van der Waals surface area (Å²) in [6.07, 6.45) is 0. The van der Waals surface area contributed by atoms with Gasteiger partial charge in [0, 0.05) is 38.8 Å². The van der Waals surface area contributed by atoms with Gasteiger partial charge in [-0.2, -0.15) is 0 Å². The maximum atomic E-state index is 2.47. The summed E-state index contributed by atoms with van der Waals surface area (Å²) in [7, 11) is 0. The lowest BCUT2D eigenvalue weighted by molar-refractivity contribution is 0.660. The van der Waals surface area contributed by atoms with Crippen molar-refractivity contribution in [1.82, 2.24) is 4.57 Å². The Balaban J connectivity index is 0.827. The first-order valence-electron chi connectivity index (χ1n) is 26.1. The van der Waals surface area contributed by atoms with E-state index in [-0.39, 0.29) is 5.41 Å². The zero-order valence-corrected chi connectivity index (χ0v) is 42.0. The lowest BCUT2D eigenvalue weighted by Gasteiger charge is -2.28. The maximum Gasteiger partial charge on any atom is 0.0541 e. The highest BCUT2D eigenvalue weighted by Gasteiger charge is 2.35. The summed E-state index contributed by atoms with van der Waals surface area (Å²) in [6, 6.07) is 103. The Kier molecular flexibility index (Phi) is 10.6. The van der Waals surface area contributed by atoms with Crippen molar-refractivity contribution in [2.24, 2.45) is 0 Å². The maximum absolute atomic E-state index is 2.47. The van der Waals surface area contributed by atoms with E-state index in [9.17, 15) is 0 Å². The Morgan fingerprint density at radius 3 is 1.41 bits per heavy atom. The zero-order valence-electron chi connectivity index (χ0n) is 42.0. The van der Waals surface area contributed by atoms with Crippen molar-refractivity contribution in [3.8, 4) is 72.4 Å². The van der Waals surface area contributed by atoms with E-state index >= 15 is 0 Å². The molecule has 75 heavy (non-hydrogen) atoms. The Morgan fingerprint density at radius 1 is 0.280 bits per heavy atom. The van der Waals surface area contributed by atoms with Gasteiger partial charge in [-0.05, 0) is 150 Å². The highest BCUT2D eigenvalue weighted by atomic mass is 15.1. The first kappa shape index (κ1) is 44.2. The number of rotatable bonds is 9. The van der Waals surface area contributed by atoms with E-state index in [2.05, 4.69) is 302 Å². The molecule has 14 rings (SSSR count). The van der Waals surface area contributed by atoms with Crippen LogP contribution in [0.5, 0.6) is 0 Å². The van der Waals surface area contributed by atoms with Gasteiger partial charge in [0.1, 0.15) is 0 Å². The summed E-state index contributed by atoms with van der Waals surface area (Å²) in [6.45, 7) is 4.71. The predicted molar refractivity (Wildman–Crippen MR) is 318 cm³/mol. The molecule has 0 radical (unpaired) electrons. The third-order valence-electron chi connectivity index (χ3n) is 15.8. The number of nitrogens with zero attached hydrogens (tertiary/aromatic N) is 2. The van der Waals surface area contributed by atoms with E-state index in [1.807, 2.05) is 0 Å². The largest absolute Gasteiger partial charge is 0.310 e. The quantitative estimate of drug-likeness (QED) is 0.140. The lowest BCUT2D eigenvalue weighted by atomic mass is 9.82. The topological polar surface area (TPSA) is 8.17 Å². The van der Waals surface area contributed by atoms with Crippen molar-refractivity contribution in [1.29, 1.82) is 0 Å². The molecule has 1 aliphatic carbocycles. The summed E-state index contributed by atoms with van der Waals surface area (Å²) in [5, 5.41) is 4.97. The van der Waals surface area contributed by atoms with Gasteiger partial charge in [-0.15, -0.1) is 0 Å². The monoisotopic (exact) mass is 956 g/mol. The van der Waals surface area contributed by atoms with Crippen molar-refractivity contribution in [3.05, 3.63) is 290 Å². The van der Waals surface area contributed by atoms with Gasteiger partial charge in [-0.1, -0.05) is 226 Å². The van der Waals surface area contributed by atoms with Crippen LogP contribution in [-0.2, 0) is 5.41 Å². The van der Waals surface area contributed by atoms with Crippen LogP contribution in [0.2, 0.25) is 0 Å². The molecule has 2 heteroatoms. The Morgan fingerprint density at radius 2 is 0.733 bits per heavy atom. The lowest BCUT2D eigenvalue weighted by Crippen LogP contribution is -2.16. The SMILES string of the molecule is CC1(C)c2ccccc2-c2ccc(N(c3ccc(-c4ccccc4)cc3)c3ccc(-c4ccc(-c5ccccc5-n5c6ccc(-c7ccccc7)cc6c6cc(-c7cccc8ccccc78)ccc65)cc4)cc3)cc21. The van der Waals surface area contributed by atoms with E-state index in [4.69, 9.17) is 0 Å². The van der Waals surface area contributed by atoms with E-state index in [1.54, 1.807) is 0 Å². The van der Waals surface area contributed by atoms with Crippen LogP contribution in [0.3, 0.4) is 0 Å². The van der Waals surface area contributed by atoms with Crippen LogP contribution < -0.4 is 4.90 Å². The molecule has 0 atom stereocenters. The summed E-state index contributed by atoms with van der Waals surface area (Å²) in [5.41, 5.74) is 24.1. The molecule has 0 spiro atoms. The highest BCUT2D eigenvalue weighted by Crippen LogP contribution is 2.51. The Bertz CT molecular complexity index is 4270. The molecule has 13 aromatic rings. The molecule has 0 N–H and O–H groups in total. The number of benzene rings is 12. The number of para-hydroxylation sites is 1. The summed E-state index contributed by atoms with van der Waals surface area (Å²) >= 11 is 0. The minimum atomic E-state index is -0.111. The second-order valence-corrected chi connectivity index (χ2v) is 20.5. The van der Waals surface area contributed by atoms with E-state index < -0.39 is 0 Å². The van der Waals surface area contributed by atoms with Crippen molar-refractivity contribution in [2.75, 3.05) is 4.90 Å². The molecule has 1 aliphatic rings. The molecule has 0 unspecified atom stereocenters. The molecular weight excluding hydrogens is 905 g/mol. The van der Waals surface area contributed by atoms with Gasteiger partial charge >= 0.3 is 0 Å². The van der Waals surface area contributed by atoms with Crippen molar-refractivity contribution in [3.63, 3.8) is 0 Å². The van der Waals surface area contributed by atoms with Crippen LogP contribution in [-0.4, -0.2) is 4.57 Å². The van der Waals surface area contributed by atoms with Crippen LogP contribution in [0, 0.1) is 0 Å². The second-order valence-electron chi connectivity index (χ2n) is 20.5. The third-order valence-corrected chi connectivity index (χ3v) is 15.8. The molecule has 0 saturated carbocycles. The number of fused-ring (bicyclic) bond motifs is 7. The molecule has 1 aromatic heterocycles. The van der Waals surface area contributed by atoms with Gasteiger partial charge in [0.25, 0.3) is 0 Å². The fourth-order valence-electron chi connectivity index (χ4n) is 12.0. The van der Waals surface area contributed by atoms with Crippen LogP contribution in [0.4, 0.5) is 17.1 Å². The third kappa shape index (κ3) is 7.56. The first-order valence-corrected chi connectivity index (χ1v) is 26.1. The normalized spacial score (nSPS) is 12.5. The van der Waals surface area contributed by atoms with Gasteiger partial charge in [0.15, 0.2) is 0 Å². The summed E-state index contributed by atoms with van der Waals surface area (Å²) in [5.74, 6) is 0. The number of hydrogen-bond acceptors (Lipinski definition) is 1. The van der Waals surface area contributed by atoms with E-state index in [0.717, 1.165) is 22.7 Å². The van der Waals surface area contributed by atoms with Gasteiger partial charge in [-0.3, -0.25) is 0 Å². The molecule has 0 aliphatic heterocycles. The fourth-order valence-corrected chi connectivity index (χ4v) is 12.0.